The lowest BCUT2D eigenvalue weighted by atomic mass is 10.1. The molecule has 0 radical (unpaired) electrons. The summed E-state index contributed by atoms with van der Waals surface area (Å²) in [5.41, 5.74) is 0.476. The monoisotopic (exact) mass is 236 g/mol. The number of carboxylic acid groups (broad SMARTS) is 1. The highest BCUT2D eigenvalue weighted by molar-refractivity contribution is 5.92. The molecule has 17 heavy (non-hydrogen) atoms. The second-order valence-corrected chi connectivity index (χ2v) is 3.86. The molecule has 2 unspecified atom stereocenters. The number of hydrogen-bond acceptors (Lipinski definition) is 4. The standard InChI is InChI=1S/C12H12O5/c1-7-10(17-7)6-16-12(15)9-4-2-8(3-5-9)11(13)14/h2-5,7,10H,6H2,1H3,(H,13,14). The summed E-state index contributed by atoms with van der Waals surface area (Å²) in [5.74, 6) is -1.49. The molecule has 1 fully saturated rings. The second kappa shape index (κ2) is 4.55. The zero-order valence-electron chi connectivity index (χ0n) is 9.25. The predicted octanol–water partition coefficient (Wildman–Crippen LogP) is 1.33. The van der Waals surface area contributed by atoms with Crippen LogP contribution >= 0.6 is 0 Å². The number of ether oxygens (including phenoxy) is 2. The number of aromatic carboxylic acids is 1. The normalized spacial score (nSPS) is 21.9. The molecule has 5 heteroatoms. The molecule has 0 spiro atoms. The number of carboxylic acids is 1. The van der Waals surface area contributed by atoms with Gasteiger partial charge in [0.2, 0.25) is 0 Å². The van der Waals surface area contributed by atoms with Gasteiger partial charge in [-0.15, -0.1) is 0 Å². The lowest BCUT2D eigenvalue weighted by molar-refractivity contribution is 0.0476. The van der Waals surface area contributed by atoms with Gasteiger partial charge in [-0.2, -0.15) is 0 Å². The Morgan fingerprint density at radius 1 is 1.29 bits per heavy atom. The van der Waals surface area contributed by atoms with E-state index in [0.717, 1.165) is 0 Å². The van der Waals surface area contributed by atoms with E-state index in [9.17, 15) is 9.59 Å². The van der Waals surface area contributed by atoms with Crippen LogP contribution in [0.25, 0.3) is 0 Å². The van der Waals surface area contributed by atoms with Gasteiger partial charge in [-0.25, -0.2) is 9.59 Å². The molecule has 1 saturated heterocycles. The number of carbonyl (C=O) groups is 2. The van der Waals surface area contributed by atoms with Crippen molar-refractivity contribution in [2.24, 2.45) is 0 Å². The van der Waals surface area contributed by atoms with Crippen molar-refractivity contribution in [1.82, 2.24) is 0 Å². The third kappa shape index (κ3) is 2.82. The van der Waals surface area contributed by atoms with Crippen LogP contribution in [0.15, 0.2) is 24.3 Å². The zero-order chi connectivity index (χ0) is 12.4. The summed E-state index contributed by atoms with van der Waals surface area (Å²) in [4.78, 5) is 22.1. The van der Waals surface area contributed by atoms with Gasteiger partial charge in [-0.3, -0.25) is 0 Å². The molecule has 1 aliphatic rings. The van der Waals surface area contributed by atoms with E-state index in [2.05, 4.69) is 0 Å². The van der Waals surface area contributed by atoms with E-state index in [1.807, 2.05) is 6.92 Å². The molecule has 2 rings (SSSR count). The van der Waals surface area contributed by atoms with Crippen LogP contribution in [0.1, 0.15) is 27.6 Å². The van der Waals surface area contributed by atoms with Crippen LogP contribution in [-0.2, 0) is 9.47 Å². The molecule has 1 heterocycles. The first-order valence-electron chi connectivity index (χ1n) is 5.24. The quantitative estimate of drug-likeness (QED) is 0.630. The van der Waals surface area contributed by atoms with Gasteiger partial charge < -0.3 is 14.6 Å². The van der Waals surface area contributed by atoms with E-state index in [1.165, 1.54) is 24.3 Å². The first-order valence-corrected chi connectivity index (χ1v) is 5.24. The minimum absolute atomic E-state index is 0.00255. The summed E-state index contributed by atoms with van der Waals surface area (Å²) in [6.45, 7) is 2.14. The van der Waals surface area contributed by atoms with Crippen LogP contribution < -0.4 is 0 Å². The first kappa shape index (κ1) is 11.6. The van der Waals surface area contributed by atoms with E-state index >= 15 is 0 Å². The zero-order valence-corrected chi connectivity index (χ0v) is 9.25. The lowest BCUT2D eigenvalue weighted by Gasteiger charge is -2.02. The van der Waals surface area contributed by atoms with Crippen LogP contribution in [0.3, 0.4) is 0 Å². The fourth-order valence-corrected chi connectivity index (χ4v) is 1.40. The average Bonchev–Trinajstić information content (AvgIpc) is 3.02. The van der Waals surface area contributed by atoms with Gasteiger partial charge in [0.15, 0.2) is 0 Å². The Hall–Kier alpha value is -1.88. The number of benzene rings is 1. The van der Waals surface area contributed by atoms with Crippen molar-refractivity contribution in [2.45, 2.75) is 19.1 Å². The summed E-state index contributed by atoms with van der Waals surface area (Å²) in [6.07, 6.45) is 0.148. The number of epoxide rings is 1. The molecule has 0 saturated carbocycles. The fraction of sp³-hybridized carbons (Fsp3) is 0.333. The Kier molecular flexibility index (Phi) is 3.10. The molecule has 1 aromatic carbocycles. The van der Waals surface area contributed by atoms with E-state index < -0.39 is 11.9 Å². The molecule has 0 aliphatic carbocycles. The minimum Gasteiger partial charge on any atom is -0.478 e. The van der Waals surface area contributed by atoms with Crippen molar-refractivity contribution in [3.63, 3.8) is 0 Å². The highest BCUT2D eigenvalue weighted by atomic mass is 16.6. The molecule has 0 aromatic heterocycles. The van der Waals surface area contributed by atoms with Crippen molar-refractivity contribution in [3.05, 3.63) is 35.4 Å². The molecule has 2 atom stereocenters. The highest BCUT2D eigenvalue weighted by Crippen LogP contribution is 2.21. The largest absolute Gasteiger partial charge is 0.478 e. The molecular weight excluding hydrogens is 224 g/mol. The third-order valence-electron chi connectivity index (χ3n) is 2.58. The fourth-order valence-electron chi connectivity index (χ4n) is 1.40. The Morgan fingerprint density at radius 2 is 1.82 bits per heavy atom. The van der Waals surface area contributed by atoms with Gasteiger partial charge in [0.1, 0.15) is 12.7 Å². The smallest absolute Gasteiger partial charge is 0.338 e. The summed E-state index contributed by atoms with van der Waals surface area (Å²) in [7, 11) is 0. The average molecular weight is 236 g/mol. The van der Waals surface area contributed by atoms with Crippen LogP contribution in [0.5, 0.6) is 0 Å². The summed E-state index contributed by atoms with van der Waals surface area (Å²) in [5, 5.41) is 8.70. The molecule has 1 N–H and O–H groups in total. The van der Waals surface area contributed by atoms with Gasteiger partial charge in [0.25, 0.3) is 0 Å². The third-order valence-corrected chi connectivity index (χ3v) is 2.58. The van der Waals surface area contributed by atoms with Gasteiger partial charge >= 0.3 is 11.9 Å². The first-order chi connectivity index (χ1) is 8.08. The van der Waals surface area contributed by atoms with E-state index in [1.54, 1.807) is 0 Å². The van der Waals surface area contributed by atoms with Crippen molar-refractivity contribution in [1.29, 1.82) is 0 Å². The maximum atomic E-state index is 11.5. The number of hydrogen-bond donors (Lipinski definition) is 1. The van der Waals surface area contributed by atoms with Crippen LogP contribution in [0.4, 0.5) is 0 Å². The number of rotatable bonds is 4. The van der Waals surface area contributed by atoms with Crippen LogP contribution in [-0.4, -0.2) is 35.9 Å². The Labute approximate surface area is 98.0 Å². The van der Waals surface area contributed by atoms with Crippen molar-refractivity contribution < 1.29 is 24.2 Å². The van der Waals surface area contributed by atoms with Gasteiger partial charge in [-0.1, -0.05) is 0 Å². The van der Waals surface area contributed by atoms with E-state index in [0.29, 0.717) is 5.56 Å². The molecule has 90 valence electrons. The van der Waals surface area contributed by atoms with Gasteiger partial charge in [-0.05, 0) is 31.2 Å². The molecule has 0 bridgehead atoms. The Balaban J connectivity index is 1.92. The number of esters is 1. The topological polar surface area (TPSA) is 76.1 Å². The van der Waals surface area contributed by atoms with Gasteiger partial charge in [0.05, 0.1) is 17.2 Å². The van der Waals surface area contributed by atoms with Crippen LogP contribution in [0, 0.1) is 0 Å². The summed E-state index contributed by atoms with van der Waals surface area (Å²) < 4.78 is 10.1. The predicted molar refractivity (Wildman–Crippen MR) is 58.0 cm³/mol. The van der Waals surface area contributed by atoms with Crippen molar-refractivity contribution >= 4 is 11.9 Å². The second-order valence-electron chi connectivity index (χ2n) is 3.86. The van der Waals surface area contributed by atoms with Crippen LogP contribution in [0.2, 0.25) is 0 Å². The summed E-state index contributed by atoms with van der Waals surface area (Å²) >= 11 is 0. The van der Waals surface area contributed by atoms with E-state index in [4.69, 9.17) is 14.6 Å². The van der Waals surface area contributed by atoms with E-state index in [-0.39, 0.29) is 24.4 Å². The molecular formula is C12H12O5. The molecule has 0 amide bonds. The van der Waals surface area contributed by atoms with Gasteiger partial charge in [0, 0.05) is 0 Å². The highest BCUT2D eigenvalue weighted by Gasteiger charge is 2.35. The van der Waals surface area contributed by atoms with Crippen molar-refractivity contribution in [3.8, 4) is 0 Å². The Morgan fingerprint density at radius 3 is 2.29 bits per heavy atom. The minimum atomic E-state index is -1.02. The van der Waals surface area contributed by atoms with Crippen molar-refractivity contribution in [2.75, 3.05) is 6.61 Å². The molecule has 5 nitrogen and oxygen atoms in total. The maximum absolute atomic E-state index is 11.5. The summed E-state index contributed by atoms with van der Waals surface area (Å²) in [6, 6.07) is 5.61. The number of carbonyl (C=O) groups excluding carboxylic acids is 1. The Bertz CT molecular complexity index is 437. The maximum Gasteiger partial charge on any atom is 0.338 e. The lowest BCUT2D eigenvalue weighted by Crippen LogP contribution is -2.11. The molecule has 1 aromatic rings. The molecule has 1 aliphatic heterocycles. The SMILES string of the molecule is CC1OC1COC(=O)c1ccc(C(=O)O)cc1.